The van der Waals surface area contributed by atoms with Crippen LogP contribution in [0.25, 0.3) is 11.3 Å². The van der Waals surface area contributed by atoms with Crippen LogP contribution in [-0.2, 0) is 0 Å². The fourth-order valence-electron chi connectivity index (χ4n) is 3.77. The van der Waals surface area contributed by atoms with Gasteiger partial charge in [-0.2, -0.15) is 0 Å². The van der Waals surface area contributed by atoms with Crippen molar-refractivity contribution in [3.05, 3.63) is 57.4 Å². The summed E-state index contributed by atoms with van der Waals surface area (Å²) in [5.74, 6) is 1.20. The van der Waals surface area contributed by atoms with Gasteiger partial charge in [0, 0.05) is 17.2 Å². The third-order valence-corrected chi connectivity index (χ3v) is 6.72. The van der Waals surface area contributed by atoms with E-state index >= 15 is 0 Å². The highest BCUT2D eigenvalue weighted by atomic mass is 79.9. The van der Waals surface area contributed by atoms with Crippen molar-refractivity contribution in [2.45, 2.75) is 38.0 Å². The van der Waals surface area contributed by atoms with Gasteiger partial charge in [-0.3, -0.25) is 0 Å². The second-order valence-electron chi connectivity index (χ2n) is 7.28. The Morgan fingerprint density at radius 2 is 1.93 bits per heavy atom. The minimum Gasteiger partial charge on any atom is -0.503 e. The molecule has 1 aliphatic carbocycles. The molecule has 0 bridgehead atoms. The maximum Gasteiger partial charge on any atom is 0.209 e. The van der Waals surface area contributed by atoms with Gasteiger partial charge in [-0.05, 0) is 57.9 Å². The third kappa shape index (κ3) is 4.70. The molecule has 2 aromatic carbocycles. The summed E-state index contributed by atoms with van der Waals surface area (Å²) in [5, 5.41) is 12.6. The first kappa shape index (κ1) is 20.1. The van der Waals surface area contributed by atoms with Gasteiger partial charge in [0.1, 0.15) is 0 Å². The molecule has 0 amide bonds. The van der Waals surface area contributed by atoms with Crippen LogP contribution in [0.1, 0.15) is 49.1 Å². The van der Waals surface area contributed by atoms with Crippen LogP contribution in [0.5, 0.6) is 11.5 Å². The number of aromatic hydroxyl groups is 1. The van der Waals surface area contributed by atoms with Crippen LogP contribution >= 0.6 is 27.3 Å². The molecule has 0 radical (unpaired) electrons. The number of aromatic nitrogens is 1. The number of thiazole rings is 1. The lowest BCUT2D eigenvalue weighted by Crippen LogP contribution is -2.04. The smallest absolute Gasteiger partial charge is 0.209 e. The Labute approximate surface area is 183 Å². The van der Waals surface area contributed by atoms with E-state index in [0.29, 0.717) is 15.4 Å². The van der Waals surface area contributed by atoms with Gasteiger partial charge in [0.05, 0.1) is 17.3 Å². The summed E-state index contributed by atoms with van der Waals surface area (Å²) in [6.07, 6.45) is 8.43. The van der Waals surface area contributed by atoms with Crippen molar-refractivity contribution in [3.8, 4) is 22.8 Å². The molecule has 0 unspecified atom stereocenters. The number of benzene rings is 2. The zero-order chi connectivity index (χ0) is 20.2. The summed E-state index contributed by atoms with van der Waals surface area (Å²) >= 11 is 4.84. The number of halogens is 1. The number of methoxy groups -OCH3 is 1. The summed E-state index contributed by atoms with van der Waals surface area (Å²) in [4.78, 5) is 9.13. The molecule has 4 rings (SSSR count). The van der Waals surface area contributed by atoms with E-state index in [0.717, 1.165) is 22.7 Å². The van der Waals surface area contributed by atoms with Crippen LogP contribution in [0.3, 0.4) is 0 Å². The molecule has 0 atom stereocenters. The summed E-state index contributed by atoms with van der Waals surface area (Å²) in [7, 11) is 1.52. The van der Waals surface area contributed by atoms with E-state index in [9.17, 15) is 5.11 Å². The molecule has 0 saturated heterocycles. The molecule has 0 spiro atoms. The molecule has 3 aromatic rings. The van der Waals surface area contributed by atoms with Gasteiger partial charge in [0.15, 0.2) is 11.5 Å². The highest BCUT2D eigenvalue weighted by molar-refractivity contribution is 9.10. The molecule has 1 fully saturated rings. The van der Waals surface area contributed by atoms with E-state index in [2.05, 4.69) is 50.2 Å². The quantitative estimate of drug-likeness (QED) is 0.405. The number of hydrogen-bond acceptors (Lipinski definition) is 5. The number of phenolic OH excluding ortho intramolecular Hbond substituents is 1. The Hall–Kier alpha value is -2.18. The lowest BCUT2D eigenvalue weighted by Gasteiger charge is -2.22. The SMILES string of the molecule is COc1cc(C=Nc2nc(-c3ccc(C4CCCCC4)cc3)cs2)cc(Br)c1O. The summed E-state index contributed by atoms with van der Waals surface area (Å²) in [5.41, 5.74) is 4.34. The van der Waals surface area contributed by atoms with Gasteiger partial charge in [-0.25, -0.2) is 9.98 Å². The summed E-state index contributed by atoms with van der Waals surface area (Å²) in [6, 6.07) is 12.4. The average molecular weight is 471 g/mol. The largest absolute Gasteiger partial charge is 0.503 e. The number of aliphatic imine (C=N–C) groups is 1. The van der Waals surface area contributed by atoms with Gasteiger partial charge >= 0.3 is 0 Å². The molecule has 1 heterocycles. The molecule has 150 valence electrons. The molecule has 4 nitrogen and oxygen atoms in total. The fraction of sp³-hybridized carbons (Fsp3) is 0.304. The predicted molar refractivity (Wildman–Crippen MR) is 123 cm³/mol. The average Bonchev–Trinajstić information content (AvgIpc) is 3.24. The maximum atomic E-state index is 9.91. The van der Waals surface area contributed by atoms with Crippen molar-refractivity contribution >= 4 is 38.6 Å². The van der Waals surface area contributed by atoms with Crippen LogP contribution in [0, 0.1) is 0 Å². The molecule has 1 aromatic heterocycles. The van der Waals surface area contributed by atoms with Crippen molar-refractivity contribution in [1.29, 1.82) is 0 Å². The van der Waals surface area contributed by atoms with Crippen LogP contribution in [0.15, 0.2) is 51.2 Å². The Morgan fingerprint density at radius 1 is 1.17 bits per heavy atom. The van der Waals surface area contributed by atoms with Gasteiger partial charge in [0.2, 0.25) is 5.13 Å². The van der Waals surface area contributed by atoms with Crippen LogP contribution in [-0.4, -0.2) is 23.4 Å². The monoisotopic (exact) mass is 470 g/mol. The van der Waals surface area contributed by atoms with Crippen LogP contribution in [0.4, 0.5) is 5.13 Å². The Balaban J connectivity index is 1.48. The number of hydrogen-bond donors (Lipinski definition) is 1. The van der Waals surface area contributed by atoms with E-state index in [4.69, 9.17) is 4.74 Å². The normalized spacial score (nSPS) is 15.1. The van der Waals surface area contributed by atoms with Crippen LogP contribution < -0.4 is 4.74 Å². The van der Waals surface area contributed by atoms with Gasteiger partial charge in [-0.15, -0.1) is 11.3 Å². The molecular weight excluding hydrogens is 448 g/mol. The van der Waals surface area contributed by atoms with Gasteiger partial charge in [-0.1, -0.05) is 43.5 Å². The molecule has 1 aliphatic rings. The molecule has 29 heavy (non-hydrogen) atoms. The van der Waals surface area contributed by atoms with Crippen molar-refractivity contribution < 1.29 is 9.84 Å². The number of phenols is 1. The maximum absolute atomic E-state index is 9.91. The van der Waals surface area contributed by atoms with Crippen molar-refractivity contribution in [2.24, 2.45) is 4.99 Å². The first-order valence-electron chi connectivity index (χ1n) is 9.80. The van der Waals surface area contributed by atoms with Crippen molar-refractivity contribution in [1.82, 2.24) is 4.98 Å². The summed E-state index contributed by atoms with van der Waals surface area (Å²) < 4.78 is 5.75. The molecule has 0 aliphatic heterocycles. The number of nitrogens with zero attached hydrogens (tertiary/aromatic N) is 2. The fourth-order valence-corrected chi connectivity index (χ4v) is 4.90. The Kier molecular flexibility index (Phi) is 6.31. The minimum atomic E-state index is 0.0814. The summed E-state index contributed by atoms with van der Waals surface area (Å²) in [6.45, 7) is 0. The van der Waals surface area contributed by atoms with E-state index in [1.165, 1.54) is 56.1 Å². The van der Waals surface area contributed by atoms with Gasteiger partial charge in [0.25, 0.3) is 0 Å². The Morgan fingerprint density at radius 3 is 2.66 bits per heavy atom. The van der Waals surface area contributed by atoms with Crippen molar-refractivity contribution in [2.75, 3.05) is 7.11 Å². The molecule has 6 heteroatoms. The standard InChI is InChI=1S/C23H23BrN2O2S/c1-28-21-12-15(11-19(24)22(21)27)13-25-23-26-20(14-29-23)18-9-7-17(8-10-18)16-5-3-2-4-6-16/h7-14,16,27H,2-6H2,1H3. The lowest BCUT2D eigenvalue weighted by molar-refractivity contribution is 0.372. The second kappa shape index (κ2) is 9.09. The first-order valence-corrected chi connectivity index (χ1v) is 11.5. The zero-order valence-corrected chi connectivity index (χ0v) is 18.7. The lowest BCUT2D eigenvalue weighted by atomic mass is 9.84. The van der Waals surface area contributed by atoms with Crippen molar-refractivity contribution in [3.63, 3.8) is 0 Å². The van der Waals surface area contributed by atoms with Gasteiger partial charge < -0.3 is 9.84 Å². The number of rotatable bonds is 5. The first-order chi connectivity index (χ1) is 14.1. The topological polar surface area (TPSA) is 54.7 Å². The van der Waals surface area contributed by atoms with E-state index < -0.39 is 0 Å². The van der Waals surface area contributed by atoms with Crippen LogP contribution in [0.2, 0.25) is 0 Å². The number of ether oxygens (including phenoxy) is 1. The molecule has 1 N–H and O–H groups in total. The molecule has 1 saturated carbocycles. The van der Waals surface area contributed by atoms with E-state index in [1.807, 2.05) is 5.38 Å². The Bertz CT molecular complexity index is 1010. The highest BCUT2D eigenvalue weighted by Crippen LogP contribution is 2.36. The van der Waals surface area contributed by atoms with E-state index in [-0.39, 0.29) is 5.75 Å². The third-order valence-electron chi connectivity index (χ3n) is 5.37. The second-order valence-corrected chi connectivity index (χ2v) is 8.97. The zero-order valence-electron chi connectivity index (χ0n) is 16.3. The highest BCUT2D eigenvalue weighted by Gasteiger charge is 2.15. The minimum absolute atomic E-state index is 0.0814. The predicted octanol–water partition coefficient (Wildman–Crippen LogP) is 7.09. The molecular formula is C23H23BrN2O2S. The van der Waals surface area contributed by atoms with E-state index in [1.54, 1.807) is 18.3 Å².